The quantitative estimate of drug-likeness (QED) is 0.571. The van der Waals surface area contributed by atoms with Crippen LogP contribution in [0.25, 0.3) is 21.3 Å². The van der Waals surface area contributed by atoms with Gasteiger partial charge in [-0.2, -0.15) is 0 Å². The molecule has 0 saturated carbocycles. The van der Waals surface area contributed by atoms with Crippen LogP contribution < -0.4 is 11.1 Å². The Kier molecular flexibility index (Phi) is 6.26. The Morgan fingerprint density at radius 2 is 2.00 bits per heavy atom. The molecule has 0 bridgehead atoms. The van der Waals surface area contributed by atoms with Crippen LogP contribution >= 0.6 is 11.3 Å². The molecule has 7 heteroatoms. The van der Waals surface area contributed by atoms with E-state index < -0.39 is 11.9 Å². The Balaban J connectivity index is 1.77. The number of hydrogen-bond donors (Lipinski definition) is 2. The molecule has 2 aromatic heterocycles. The minimum atomic E-state index is -0.681. The van der Waals surface area contributed by atoms with Crippen LogP contribution in [0, 0.1) is 12.3 Å². The molecular weight excluding hydrogens is 394 g/mol. The largest absolute Gasteiger partial charge is 0.368 e. The number of terminal acetylenes is 1. The third kappa shape index (κ3) is 4.45. The van der Waals surface area contributed by atoms with Crippen molar-refractivity contribution in [3.05, 3.63) is 41.5 Å². The molecule has 1 unspecified atom stereocenters. The smallest absolute Gasteiger partial charge is 0.240 e. The van der Waals surface area contributed by atoms with Crippen molar-refractivity contribution >= 4 is 33.3 Å². The Morgan fingerprint density at radius 1 is 1.23 bits per heavy atom. The topological polar surface area (TPSA) is 84.1 Å². The molecule has 1 aliphatic heterocycles. The molecule has 1 aliphatic rings. The first-order valence-corrected chi connectivity index (χ1v) is 11.1. The summed E-state index contributed by atoms with van der Waals surface area (Å²) >= 11 is 1.58. The molecule has 1 aromatic carbocycles. The molecule has 0 radical (unpaired) electrons. The average Bonchev–Trinajstić information content (AvgIpc) is 3.19. The third-order valence-corrected chi connectivity index (χ3v) is 6.23. The van der Waals surface area contributed by atoms with Gasteiger partial charge in [0.1, 0.15) is 22.5 Å². The van der Waals surface area contributed by atoms with E-state index in [2.05, 4.69) is 33.6 Å². The van der Waals surface area contributed by atoms with Gasteiger partial charge >= 0.3 is 0 Å². The van der Waals surface area contributed by atoms with Crippen LogP contribution in [0.5, 0.6) is 0 Å². The van der Waals surface area contributed by atoms with Crippen molar-refractivity contribution in [2.24, 2.45) is 5.73 Å². The van der Waals surface area contributed by atoms with Crippen molar-refractivity contribution < 1.29 is 4.79 Å². The second-order valence-corrected chi connectivity index (χ2v) is 8.39. The molecule has 1 fully saturated rings. The zero-order chi connectivity index (χ0) is 20.9. The van der Waals surface area contributed by atoms with Gasteiger partial charge in [-0.15, -0.1) is 23.7 Å². The number of aromatic nitrogens is 2. The van der Waals surface area contributed by atoms with Crippen LogP contribution in [0.15, 0.2) is 35.7 Å². The number of primary amides is 1. The van der Waals surface area contributed by atoms with E-state index in [9.17, 15) is 4.79 Å². The highest BCUT2D eigenvalue weighted by atomic mass is 32.1. The fraction of sp³-hybridized carbons (Fsp3) is 0.348. The van der Waals surface area contributed by atoms with Gasteiger partial charge in [0.25, 0.3) is 0 Å². The molecular formula is C23H25N5OS. The number of thiophene rings is 1. The van der Waals surface area contributed by atoms with Crippen LogP contribution in [0.1, 0.15) is 31.5 Å². The van der Waals surface area contributed by atoms with Crippen LogP contribution in [0.4, 0.5) is 5.82 Å². The van der Waals surface area contributed by atoms with E-state index in [1.807, 2.05) is 18.2 Å². The standard InChI is InChI=1S/C23H25N5OS/c1-2-9-18(21(24)29)25-22-20-17(16-10-5-3-6-11-16)15-30-23(20)27-19(26-22)14-28-12-7-4-8-13-28/h1,3,5-6,10-11,15,18H,4,7-9,12-14H2,(H2,24,29)(H,25,26,27). The van der Waals surface area contributed by atoms with Crippen LogP contribution in [-0.2, 0) is 11.3 Å². The van der Waals surface area contributed by atoms with Crippen molar-refractivity contribution in [1.29, 1.82) is 0 Å². The first kappa shape index (κ1) is 20.3. The highest BCUT2D eigenvalue weighted by Crippen LogP contribution is 2.37. The summed E-state index contributed by atoms with van der Waals surface area (Å²) in [6.07, 6.45) is 9.34. The van der Waals surface area contributed by atoms with E-state index in [4.69, 9.17) is 22.1 Å². The Labute approximate surface area is 180 Å². The number of fused-ring (bicyclic) bond motifs is 1. The number of benzene rings is 1. The second-order valence-electron chi connectivity index (χ2n) is 7.53. The Bertz CT molecular complexity index is 1070. The Hall–Kier alpha value is -2.95. The Morgan fingerprint density at radius 3 is 2.70 bits per heavy atom. The van der Waals surface area contributed by atoms with Gasteiger partial charge in [-0.25, -0.2) is 9.97 Å². The van der Waals surface area contributed by atoms with Crippen LogP contribution in [-0.4, -0.2) is 39.9 Å². The average molecular weight is 420 g/mol. The zero-order valence-corrected chi connectivity index (χ0v) is 17.6. The maximum absolute atomic E-state index is 11.9. The molecule has 0 spiro atoms. The lowest BCUT2D eigenvalue weighted by atomic mass is 10.1. The molecule has 154 valence electrons. The van der Waals surface area contributed by atoms with E-state index in [1.54, 1.807) is 11.3 Å². The molecule has 4 rings (SSSR count). The number of nitrogens with two attached hydrogens (primary N) is 1. The van der Waals surface area contributed by atoms with Gasteiger partial charge < -0.3 is 11.1 Å². The van der Waals surface area contributed by atoms with Crippen molar-refractivity contribution in [3.63, 3.8) is 0 Å². The lowest BCUT2D eigenvalue weighted by Gasteiger charge is -2.25. The van der Waals surface area contributed by atoms with E-state index in [0.717, 1.165) is 40.3 Å². The van der Waals surface area contributed by atoms with Crippen LogP contribution in [0.3, 0.4) is 0 Å². The number of hydrogen-bond acceptors (Lipinski definition) is 6. The third-order valence-electron chi connectivity index (χ3n) is 5.35. The van der Waals surface area contributed by atoms with E-state index in [-0.39, 0.29) is 6.42 Å². The molecule has 6 nitrogen and oxygen atoms in total. The molecule has 1 saturated heterocycles. The number of likely N-dealkylation sites (tertiary alicyclic amines) is 1. The highest BCUT2D eigenvalue weighted by molar-refractivity contribution is 7.17. The molecule has 1 atom stereocenters. The maximum atomic E-state index is 11.9. The molecule has 3 N–H and O–H groups in total. The summed E-state index contributed by atoms with van der Waals surface area (Å²) in [5, 5.41) is 6.20. The summed E-state index contributed by atoms with van der Waals surface area (Å²) in [5.74, 6) is 3.40. The summed E-state index contributed by atoms with van der Waals surface area (Å²) in [5.41, 5.74) is 7.69. The normalized spacial score (nSPS) is 15.6. The minimum absolute atomic E-state index is 0.201. The predicted octanol–water partition coefficient (Wildman–Crippen LogP) is 3.63. The van der Waals surface area contributed by atoms with E-state index >= 15 is 0 Å². The predicted molar refractivity (Wildman–Crippen MR) is 122 cm³/mol. The van der Waals surface area contributed by atoms with Crippen molar-refractivity contribution in [2.75, 3.05) is 18.4 Å². The fourth-order valence-electron chi connectivity index (χ4n) is 3.81. The summed E-state index contributed by atoms with van der Waals surface area (Å²) in [4.78, 5) is 24.9. The fourth-order valence-corrected chi connectivity index (χ4v) is 4.78. The van der Waals surface area contributed by atoms with Gasteiger partial charge in [0.05, 0.1) is 11.9 Å². The summed E-state index contributed by atoms with van der Waals surface area (Å²) in [6.45, 7) is 2.81. The van der Waals surface area contributed by atoms with Crippen LogP contribution in [0.2, 0.25) is 0 Å². The van der Waals surface area contributed by atoms with E-state index in [1.165, 1.54) is 19.3 Å². The molecule has 1 amide bonds. The summed E-state index contributed by atoms with van der Waals surface area (Å²) in [7, 11) is 0. The van der Waals surface area contributed by atoms with Crippen molar-refractivity contribution in [2.45, 2.75) is 38.3 Å². The van der Waals surface area contributed by atoms with Gasteiger partial charge in [0, 0.05) is 17.4 Å². The number of carbonyl (C=O) groups excluding carboxylic acids is 1. The molecule has 0 aliphatic carbocycles. The van der Waals surface area contributed by atoms with Gasteiger partial charge in [0.2, 0.25) is 5.91 Å². The SMILES string of the molecule is C#CCC(Nc1nc(CN2CCCCC2)nc2scc(-c3ccccc3)c12)C(N)=O. The lowest BCUT2D eigenvalue weighted by molar-refractivity contribution is -0.118. The zero-order valence-electron chi connectivity index (χ0n) is 16.8. The summed E-state index contributed by atoms with van der Waals surface area (Å²) in [6, 6.07) is 9.42. The first-order valence-electron chi connectivity index (χ1n) is 10.2. The van der Waals surface area contributed by atoms with Gasteiger partial charge in [-0.3, -0.25) is 9.69 Å². The van der Waals surface area contributed by atoms with E-state index in [0.29, 0.717) is 12.4 Å². The summed E-state index contributed by atoms with van der Waals surface area (Å²) < 4.78 is 0. The molecule has 3 aromatic rings. The van der Waals surface area contributed by atoms with Gasteiger partial charge in [0.15, 0.2) is 0 Å². The molecule has 3 heterocycles. The lowest BCUT2D eigenvalue weighted by Crippen LogP contribution is -2.35. The molecule has 30 heavy (non-hydrogen) atoms. The highest BCUT2D eigenvalue weighted by Gasteiger charge is 2.21. The maximum Gasteiger partial charge on any atom is 0.240 e. The number of piperidine rings is 1. The first-order chi connectivity index (χ1) is 14.7. The number of anilines is 1. The minimum Gasteiger partial charge on any atom is -0.368 e. The number of nitrogens with zero attached hydrogens (tertiary/aromatic N) is 3. The number of amides is 1. The van der Waals surface area contributed by atoms with Gasteiger partial charge in [-0.05, 0) is 31.5 Å². The number of rotatable bonds is 7. The number of carbonyl (C=O) groups is 1. The van der Waals surface area contributed by atoms with Gasteiger partial charge in [-0.1, -0.05) is 36.8 Å². The monoisotopic (exact) mass is 419 g/mol. The van der Waals surface area contributed by atoms with Crippen molar-refractivity contribution in [1.82, 2.24) is 14.9 Å². The second kappa shape index (κ2) is 9.24. The number of nitrogens with one attached hydrogen (secondary N) is 1. The van der Waals surface area contributed by atoms with Crippen molar-refractivity contribution in [3.8, 4) is 23.5 Å².